The average Bonchev–Trinajstić information content (AvgIpc) is 2.34. The molecule has 2 rings (SSSR count). The van der Waals surface area contributed by atoms with E-state index in [1.54, 1.807) is 0 Å². The van der Waals surface area contributed by atoms with Crippen molar-refractivity contribution in [1.82, 2.24) is 0 Å². The van der Waals surface area contributed by atoms with E-state index in [9.17, 15) is 39.9 Å². The molecule has 0 bridgehead atoms. The largest absolute Gasteiger partial charge is 0.452 e. The highest BCUT2D eigenvalue weighted by molar-refractivity contribution is 5.83. The van der Waals surface area contributed by atoms with Crippen molar-refractivity contribution >= 4 is 10.8 Å². The van der Waals surface area contributed by atoms with Crippen molar-refractivity contribution in [3.05, 3.63) is 45.3 Å². The van der Waals surface area contributed by atoms with Crippen LogP contribution in [-0.2, 0) is 6.18 Å². The Morgan fingerprint density at radius 2 is 1.15 bits per heavy atom. The van der Waals surface area contributed by atoms with Crippen LogP contribution in [0.2, 0.25) is 0 Å². The molecule has 0 spiro atoms. The summed E-state index contributed by atoms with van der Waals surface area (Å²) >= 11 is 0. The molecule has 0 amide bonds. The van der Waals surface area contributed by atoms with Gasteiger partial charge in [0.05, 0.1) is 5.39 Å². The lowest BCUT2D eigenvalue weighted by Crippen LogP contribution is -2.17. The molecule has 0 saturated carbocycles. The van der Waals surface area contributed by atoms with E-state index < -0.39 is 57.4 Å². The van der Waals surface area contributed by atoms with Crippen LogP contribution in [-0.4, -0.2) is 0 Å². The molecule has 2 nitrogen and oxygen atoms in total. The van der Waals surface area contributed by atoms with Crippen LogP contribution in [0, 0.1) is 29.1 Å². The van der Waals surface area contributed by atoms with Gasteiger partial charge in [-0.3, -0.25) is 0 Å². The van der Waals surface area contributed by atoms with Gasteiger partial charge in [-0.1, -0.05) is 0 Å². The molecule has 10 heteroatoms. The molecule has 0 aliphatic rings. The summed E-state index contributed by atoms with van der Waals surface area (Å²) in [6.07, 6.45) is -5.55. The van der Waals surface area contributed by atoms with Crippen LogP contribution in [0.3, 0.4) is 0 Å². The molecule has 0 atom stereocenters. The van der Waals surface area contributed by atoms with Crippen molar-refractivity contribution < 1.29 is 39.5 Å². The molecule has 0 saturated heterocycles. The maximum absolute atomic E-state index is 13.4. The van der Waals surface area contributed by atoms with Crippen LogP contribution in [0.1, 0.15) is 5.76 Å². The molecule has 20 heavy (non-hydrogen) atoms. The highest BCUT2D eigenvalue weighted by Gasteiger charge is 2.41. The normalized spacial score (nSPS) is 12.2. The maximum atomic E-state index is 13.4. The Balaban J connectivity index is 3.14. The van der Waals surface area contributed by atoms with Crippen molar-refractivity contribution in [3.63, 3.8) is 0 Å². The second kappa shape index (κ2) is 4.18. The highest BCUT2D eigenvalue weighted by atomic mass is 19.4. The van der Waals surface area contributed by atoms with Gasteiger partial charge < -0.3 is 4.42 Å². The number of hydrogen-bond acceptors (Lipinski definition) is 2. The van der Waals surface area contributed by atoms with Crippen molar-refractivity contribution in [3.8, 4) is 0 Å². The zero-order chi connectivity index (χ0) is 15.4. The topological polar surface area (TPSA) is 30.2 Å². The number of halogens is 8. The quantitative estimate of drug-likeness (QED) is 0.423. The number of benzene rings is 1. The van der Waals surface area contributed by atoms with Crippen molar-refractivity contribution in [2.24, 2.45) is 0 Å². The molecule has 2 aromatic rings. The first-order valence-corrected chi connectivity index (χ1v) is 4.62. The Morgan fingerprint density at radius 3 is 1.60 bits per heavy atom. The van der Waals surface area contributed by atoms with E-state index in [1.165, 1.54) is 0 Å². The number of hydrogen-bond donors (Lipinski definition) is 0. The lowest BCUT2D eigenvalue weighted by atomic mass is 10.1. The summed E-state index contributed by atoms with van der Waals surface area (Å²) < 4.78 is 106. The van der Waals surface area contributed by atoms with E-state index in [0.29, 0.717) is 0 Å². The minimum atomic E-state index is -5.55. The molecule has 108 valence electrons. The van der Waals surface area contributed by atoms with Gasteiger partial charge >= 0.3 is 11.8 Å². The van der Waals surface area contributed by atoms with Gasteiger partial charge in [-0.25, -0.2) is 26.7 Å². The first-order chi connectivity index (χ1) is 9.07. The van der Waals surface area contributed by atoms with Gasteiger partial charge in [0.1, 0.15) is 5.39 Å². The summed E-state index contributed by atoms with van der Waals surface area (Å²) in [4.78, 5) is 11.1. The van der Waals surface area contributed by atoms with E-state index in [4.69, 9.17) is 0 Å². The second-order valence-electron chi connectivity index (χ2n) is 3.54. The predicted molar refractivity (Wildman–Crippen MR) is 47.3 cm³/mol. The number of fused-ring (bicyclic) bond motifs is 1. The molecular formula is C10F8O2. The third-order valence-corrected chi connectivity index (χ3v) is 2.34. The molecule has 1 aromatic carbocycles. The Labute approximate surface area is 103 Å². The minimum Gasteiger partial charge on any atom is -0.414 e. The summed E-state index contributed by atoms with van der Waals surface area (Å²) in [7, 11) is 0. The van der Waals surface area contributed by atoms with E-state index in [-0.39, 0.29) is 0 Å². The molecule has 0 unspecified atom stereocenters. The van der Waals surface area contributed by atoms with Crippen molar-refractivity contribution in [1.29, 1.82) is 0 Å². The van der Waals surface area contributed by atoms with Crippen LogP contribution < -0.4 is 5.63 Å². The molecule has 1 heterocycles. The van der Waals surface area contributed by atoms with Crippen molar-refractivity contribution in [2.75, 3.05) is 0 Å². The van der Waals surface area contributed by atoms with Gasteiger partial charge in [0.2, 0.25) is 5.76 Å². The monoisotopic (exact) mass is 304 g/mol. The maximum Gasteiger partial charge on any atom is 0.452 e. The Hall–Kier alpha value is -2.13. The van der Waals surface area contributed by atoms with Gasteiger partial charge in [-0.15, -0.1) is 0 Å². The average molecular weight is 304 g/mol. The molecule has 0 fully saturated rings. The summed E-state index contributed by atoms with van der Waals surface area (Å²) in [5.74, 6) is -15.0. The number of rotatable bonds is 0. The van der Waals surface area contributed by atoms with Gasteiger partial charge in [0, 0.05) is 0 Å². The molecule has 0 aliphatic heterocycles. The summed E-state index contributed by atoms with van der Waals surface area (Å²) in [6.45, 7) is 0. The van der Waals surface area contributed by atoms with Crippen LogP contribution in [0.25, 0.3) is 10.8 Å². The fraction of sp³-hybridized carbons (Fsp3) is 0.100. The summed E-state index contributed by atoms with van der Waals surface area (Å²) in [6, 6.07) is 0. The zero-order valence-corrected chi connectivity index (χ0v) is 8.84. The van der Waals surface area contributed by atoms with Gasteiger partial charge in [-0.2, -0.15) is 13.2 Å². The Bertz CT molecular complexity index is 774. The lowest BCUT2D eigenvalue weighted by Gasteiger charge is -2.09. The Morgan fingerprint density at radius 1 is 0.700 bits per heavy atom. The van der Waals surface area contributed by atoms with Gasteiger partial charge in [0.25, 0.3) is 0 Å². The fourth-order valence-corrected chi connectivity index (χ4v) is 1.51. The van der Waals surface area contributed by atoms with E-state index in [2.05, 4.69) is 4.42 Å². The van der Waals surface area contributed by atoms with Crippen molar-refractivity contribution in [2.45, 2.75) is 6.18 Å². The first-order valence-electron chi connectivity index (χ1n) is 4.62. The van der Waals surface area contributed by atoms with Crippen LogP contribution in [0.4, 0.5) is 35.1 Å². The molecule has 0 aliphatic carbocycles. The Kier molecular flexibility index (Phi) is 2.99. The van der Waals surface area contributed by atoms with E-state index in [1.807, 2.05) is 0 Å². The molecule has 0 N–H and O–H groups in total. The van der Waals surface area contributed by atoms with Crippen LogP contribution in [0.15, 0.2) is 9.21 Å². The smallest absolute Gasteiger partial charge is 0.414 e. The summed E-state index contributed by atoms with van der Waals surface area (Å²) in [5, 5.41) is -3.75. The molecule has 1 aromatic heterocycles. The SMILES string of the molecule is O=c1oc(C(F)(F)F)c(F)c2c(F)c(F)c(F)c(F)c12. The van der Waals surface area contributed by atoms with Gasteiger partial charge in [0.15, 0.2) is 29.1 Å². The van der Waals surface area contributed by atoms with E-state index in [0.717, 1.165) is 0 Å². The second-order valence-corrected chi connectivity index (χ2v) is 3.54. The highest BCUT2D eigenvalue weighted by Crippen LogP contribution is 2.35. The standard InChI is InChI=1S/C10F8O2/c11-3-1-2(4(12)7(15)6(3)14)9(19)20-8(5(1)13)10(16,17)18. The van der Waals surface area contributed by atoms with Crippen LogP contribution >= 0.6 is 0 Å². The third kappa shape index (κ3) is 1.82. The zero-order valence-electron chi connectivity index (χ0n) is 8.84. The molecular weight excluding hydrogens is 304 g/mol. The van der Waals surface area contributed by atoms with E-state index >= 15 is 0 Å². The van der Waals surface area contributed by atoms with Gasteiger partial charge in [-0.05, 0) is 0 Å². The predicted octanol–water partition coefficient (Wildman–Crippen LogP) is 3.51. The minimum absolute atomic E-state index is 1.79. The fourth-order valence-electron chi connectivity index (χ4n) is 1.51. The molecule has 0 radical (unpaired) electrons. The number of alkyl halides is 3. The van der Waals surface area contributed by atoms with Crippen LogP contribution in [0.5, 0.6) is 0 Å². The third-order valence-electron chi connectivity index (χ3n) is 2.34. The summed E-state index contributed by atoms with van der Waals surface area (Å²) in [5.41, 5.74) is -2.19. The first kappa shape index (κ1) is 14.3. The lowest BCUT2D eigenvalue weighted by molar-refractivity contribution is -0.157.